The third kappa shape index (κ3) is 1.45. The lowest BCUT2D eigenvalue weighted by atomic mass is 10.3. The van der Waals surface area contributed by atoms with Crippen molar-refractivity contribution in [2.75, 3.05) is 5.73 Å². The van der Waals surface area contributed by atoms with Crippen molar-refractivity contribution in [2.45, 2.75) is 13.1 Å². The summed E-state index contributed by atoms with van der Waals surface area (Å²) in [5.41, 5.74) is 13.8. The maximum Gasteiger partial charge on any atom is 0.199 e. The molecule has 7 nitrogen and oxygen atoms in total. The van der Waals surface area contributed by atoms with E-state index in [0.717, 1.165) is 11.0 Å². The number of aromatic nitrogens is 4. The molecular formula is C11H12N6O. The van der Waals surface area contributed by atoms with E-state index in [-0.39, 0.29) is 12.0 Å². The van der Waals surface area contributed by atoms with Crippen molar-refractivity contribution in [3.05, 3.63) is 24.3 Å². The molecule has 1 atom stereocenters. The van der Waals surface area contributed by atoms with Crippen molar-refractivity contribution in [1.29, 1.82) is 0 Å². The van der Waals surface area contributed by atoms with Crippen LogP contribution >= 0.6 is 0 Å². The maximum absolute atomic E-state index is 5.98. The van der Waals surface area contributed by atoms with Gasteiger partial charge >= 0.3 is 0 Å². The molecule has 0 spiro atoms. The molecule has 0 aliphatic heterocycles. The molecule has 0 aliphatic carbocycles. The Labute approximate surface area is 102 Å². The molecule has 0 radical (unpaired) electrons. The molecule has 0 fully saturated rings. The minimum absolute atomic E-state index is 0.201. The molecule has 92 valence electrons. The summed E-state index contributed by atoms with van der Waals surface area (Å²) in [5.74, 6) is 0.761. The first-order chi connectivity index (χ1) is 8.68. The first-order valence-corrected chi connectivity index (χ1v) is 5.49. The van der Waals surface area contributed by atoms with E-state index in [1.807, 2.05) is 35.8 Å². The third-order valence-electron chi connectivity index (χ3n) is 2.73. The van der Waals surface area contributed by atoms with Crippen molar-refractivity contribution in [3.8, 4) is 11.5 Å². The van der Waals surface area contributed by atoms with Crippen LogP contribution in [-0.2, 0) is 0 Å². The summed E-state index contributed by atoms with van der Waals surface area (Å²) in [6.45, 7) is 1.86. The maximum atomic E-state index is 5.98. The number of fused-ring (bicyclic) bond motifs is 1. The molecule has 0 aliphatic rings. The molecule has 2 heterocycles. The summed E-state index contributed by atoms with van der Waals surface area (Å²) in [6.07, 6.45) is -0.261. The van der Waals surface area contributed by atoms with Gasteiger partial charge in [-0.05, 0) is 29.4 Å². The largest absolute Gasteiger partial charge is 0.379 e. The number of anilines is 1. The summed E-state index contributed by atoms with van der Waals surface area (Å²) in [7, 11) is 0. The fraction of sp³-hybridized carbons (Fsp3) is 0.182. The number of para-hydroxylation sites is 2. The quantitative estimate of drug-likeness (QED) is 0.699. The van der Waals surface area contributed by atoms with Crippen LogP contribution in [0.4, 0.5) is 5.82 Å². The van der Waals surface area contributed by atoms with Crippen molar-refractivity contribution in [3.63, 3.8) is 0 Å². The van der Waals surface area contributed by atoms with Crippen molar-refractivity contribution < 1.29 is 4.63 Å². The fourth-order valence-electron chi connectivity index (χ4n) is 1.97. The predicted molar refractivity (Wildman–Crippen MR) is 66.3 cm³/mol. The highest BCUT2D eigenvalue weighted by Crippen LogP contribution is 2.28. The molecule has 1 unspecified atom stereocenters. The second-order valence-electron chi connectivity index (χ2n) is 4.03. The molecule has 2 aromatic heterocycles. The fourth-order valence-corrected chi connectivity index (χ4v) is 1.97. The Balaban J connectivity index is 2.35. The number of nitrogen functional groups attached to an aromatic ring is 1. The van der Waals surface area contributed by atoms with E-state index < -0.39 is 0 Å². The summed E-state index contributed by atoms with van der Waals surface area (Å²) in [4.78, 5) is 4.48. The second kappa shape index (κ2) is 3.81. The van der Waals surface area contributed by atoms with E-state index in [0.29, 0.717) is 11.5 Å². The van der Waals surface area contributed by atoms with Crippen LogP contribution in [0.25, 0.3) is 22.6 Å². The lowest BCUT2D eigenvalue weighted by Crippen LogP contribution is -2.16. The summed E-state index contributed by atoms with van der Waals surface area (Å²) in [6, 6.07) is 7.69. The number of benzene rings is 1. The Hall–Kier alpha value is -2.41. The molecule has 3 rings (SSSR count). The monoisotopic (exact) mass is 244 g/mol. The van der Waals surface area contributed by atoms with Gasteiger partial charge in [-0.25, -0.2) is 9.61 Å². The van der Waals surface area contributed by atoms with Crippen LogP contribution in [0.15, 0.2) is 28.9 Å². The molecule has 0 amide bonds. The summed E-state index contributed by atoms with van der Waals surface area (Å²) < 4.78 is 6.46. The summed E-state index contributed by atoms with van der Waals surface area (Å²) >= 11 is 0. The Morgan fingerprint density at radius 2 is 2.06 bits per heavy atom. The Morgan fingerprint density at radius 3 is 2.72 bits per heavy atom. The molecule has 7 heteroatoms. The minimum Gasteiger partial charge on any atom is -0.379 e. The number of imidazole rings is 1. The van der Waals surface area contributed by atoms with Crippen LogP contribution in [0.1, 0.15) is 13.1 Å². The lowest BCUT2D eigenvalue weighted by molar-refractivity contribution is 0.310. The minimum atomic E-state index is -0.261. The topological polar surface area (TPSA) is 109 Å². The van der Waals surface area contributed by atoms with Crippen LogP contribution in [0.5, 0.6) is 0 Å². The molecule has 1 aromatic carbocycles. The average Bonchev–Trinajstić information content (AvgIpc) is 2.91. The highest BCUT2D eigenvalue weighted by atomic mass is 16.6. The molecule has 18 heavy (non-hydrogen) atoms. The molecule has 0 saturated heterocycles. The lowest BCUT2D eigenvalue weighted by Gasteiger charge is -2.11. The Morgan fingerprint density at radius 1 is 1.28 bits per heavy atom. The van der Waals surface area contributed by atoms with Gasteiger partial charge in [0.05, 0.1) is 17.2 Å². The van der Waals surface area contributed by atoms with Gasteiger partial charge in [-0.2, -0.15) is 0 Å². The van der Waals surface area contributed by atoms with Gasteiger partial charge in [-0.15, -0.1) is 0 Å². The van der Waals surface area contributed by atoms with Gasteiger partial charge in [0.2, 0.25) is 0 Å². The van der Waals surface area contributed by atoms with Gasteiger partial charge in [0.25, 0.3) is 0 Å². The van der Waals surface area contributed by atoms with Crippen molar-refractivity contribution >= 4 is 16.9 Å². The van der Waals surface area contributed by atoms with Gasteiger partial charge in [-0.1, -0.05) is 12.1 Å². The van der Waals surface area contributed by atoms with Gasteiger partial charge in [0.1, 0.15) is 0 Å². The zero-order valence-electron chi connectivity index (χ0n) is 9.74. The van der Waals surface area contributed by atoms with Crippen LogP contribution < -0.4 is 11.5 Å². The summed E-state index contributed by atoms with van der Waals surface area (Å²) in [5, 5.41) is 7.34. The number of nitrogens with zero attached hydrogens (tertiary/aromatic N) is 4. The van der Waals surface area contributed by atoms with E-state index >= 15 is 0 Å². The standard InChI is InChI=1S/C11H12N6O/c1-6(12)17-8-5-3-2-4-7(8)14-11(17)9-10(13)16-18-15-9/h2-6H,12H2,1H3,(H2,13,16). The molecule has 0 bridgehead atoms. The van der Waals surface area contributed by atoms with E-state index in [9.17, 15) is 0 Å². The number of nitrogens with two attached hydrogens (primary N) is 2. The number of rotatable bonds is 2. The van der Waals surface area contributed by atoms with Crippen LogP contribution in [0.2, 0.25) is 0 Å². The van der Waals surface area contributed by atoms with Crippen molar-refractivity contribution in [1.82, 2.24) is 19.9 Å². The SMILES string of the molecule is CC(N)n1c(-c2nonc2N)nc2ccccc21. The Bertz CT molecular complexity index is 698. The van der Waals surface area contributed by atoms with Crippen LogP contribution in [0.3, 0.4) is 0 Å². The molecule has 4 N–H and O–H groups in total. The normalized spacial score (nSPS) is 13.0. The zero-order valence-corrected chi connectivity index (χ0v) is 9.74. The molecule has 0 saturated carbocycles. The van der Waals surface area contributed by atoms with E-state index in [2.05, 4.69) is 19.9 Å². The Kier molecular flexibility index (Phi) is 2.27. The second-order valence-corrected chi connectivity index (χ2v) is 4.03. The predicted octanol–water partition coefficient (Wildman–Crippen LogP) is 1.15. The zero-order chi connectivity index (χ0) is 12.7. The third-order valence-corrected chi connectivity index (χ3v) is 2.73. The number of hydrogen-bond donors (Lipinski definition) is 2. The van der Waals surface area contributed by atoms with Crippen LogP contribution in [-0.4, -0.2) is 19.9 Å². The van der Waals surface area contributed by atoms with Gasteiger partial charge in [-0.3, -0.25) is 0 Å². The van der Waals surface area contributed by atoms with Gasteiger partial charge in [0, 0.05) is 0 Å². The average molecular weight is 244 g/mol. The van der Waals surface area contributed by atoms with Gasteiger partial charge < -0.3 is 16.0 Å². The molecular weight excluding hydrogens is 232 g/mol. The van der Waals surface area contributed by atoms with E-state index in [1.54, 1.807) is 0 Å². The van der Waals surface area contributed by atoms with Crippen molar-refractivity contribution in [2.24, 2.45) is 5.73 Å². The van der Waals surface area contributed by atoms with Gasteiger partial charge in [0.15, 0.2) is 17.3 Å². The molecule has 3 aromatic rings. The first-order valence-electron chi connectivity index (χ1n) is 5.49. The van der Waals surface area contributed by atoms with Crippen LogP contribution in [0, 0.1) is 0 Å². The first kappa shape index (κ1) is 10.7. The smallest absolute Gasteiger partial charge is 0.199 e. The number of hydrogen-bond acceptors (Lipinski definition) is 6. The highest BCUT2D eigenvalue weighted by molar-refractivity contribution is 5.81. The van der Waals surface area contributed by atoms with E-state index in [4.69, 9.17) is 11.5 Å². The van der Waals surface area contributed by atoms with E-state index in [1.165, 1.54) is 0 Å². The highest BCUT2D eigenvalue weighted by Gasteiger charge is 2.20.